The number of phenols is 2. The molecule has 5 heteroatoms. The Labute approximate surface area is 171 Å². The second-order valence-electron chi connectivity index (χ2n) is 7.00. The fourth-order valence-electron chi connectivity index (χ4n) is 4.13. The number of hydrogen-bond acceptors (Lipinski definition) is 4. The number of thiophene rings is 1. The van der Waals surface area contributed by atoms with E-state index in [9.17, 15) is 15.0 Å². The highest BCUT2D eigenvalue weighted by Gasteiger charge is 2.50. The molecule has 0 atom stereocenters. The zero-order valence-electron chi connectivity index (χ0n) is 15.3. The number of anilines is 1. The van der Waals surface area contributed by atoms with Crippen molar-refractivity contribution in [2.24, 2.45) is 0 Å². The molecular formula is C24H17NO3S. The first-order valence-electron chi connectivity index (χ1n) is 9.18. The molecule has 1 aromatic heterocycles. The van der Waals surface area contributed by atoms with Crippen molar-refractivity contribution in [3.05, 3.63) is 101 Å². The van der Waals surface area contributed by atoms with E-state index in [0.717, 1.165) is 32.8 Å². The molecular weight excluding hydrogens is 382 g/mol. The molecule has 0 bridgehead atoms. The number of phenolic OH excluding ortho intramolecular Hbond substituents is 2. The van der Waals surface area contributed by atoms with Crippen molar-refractivity contribution in [1.82, 2.24) is 0 Å². The topological polar surface area (TPSA) is 69.6 Å². The van der Waals surface area contributed by atoms with Crippen LogP contribution in [0.3, 0.4) is 0 Å². The van der Waals surface area contributed by atoms with E-state index in [0.29, 0.717) is 0 Å². The lowest BCUT2D eigenvalue weighted by atomic mass is 9.70. The number of carbonyl (C=O) groups excluding carboxylic acids is 1. The SMILES string of the molecule is O=C1Nc2c(-c3cccs3)cccc2C1(c1ccc(O)cc1)c1ccc(O)cc1. The van der Waals surface area contributed by atoms with Gasteiger partial charge in [-0.3, -0.25) is 4.79 Å². The Morgan fingerprint density at radius 3 is 1.93 bits per heavy atom. The molecule has 0 fully saturated rings. The molecule has 0 saturated heterocycles. The molecule has 3 N–H and O–H groups in total. The van der Waals surface area contributed by atoms with Crippen LogP contribution in [0.2, 0.25) is 0 Å². The van der Waals surface area contributed by atoms with Crippen molar-refractivity contribution >= 4 is 22.9 Å². The molecule has 4 nitrogen and oxygen atoms in total. The summed E-state index contributed by atoms with van der Waals surface area (Å²) in [5.74, 6) is 0.119. The van der Waals surface area contributed by atoms with Crippen LogP contribution in [0.4, 0.5) is 5.69 Å². The van der Waals surface area contributed by atoms with Gasteiger partial charge in [0, 0.05) is 16.0 Å². The maximum Gasteiger partial charge on any atom is 0.244 e. The fraction of sp³-hybridized carbons (Fsp3) is 0.0417. The summed E-state index contributed by atoms with van der Waals surface area (Å²) in [6.07, 6.45) is 0. The number of amides is 1. The molecule has 2 heterocycles. The summed E-state index contributed by atoms with van der Waals surface area (Å²) in [6, 6.07) is 23.4. The zero-order chi connectivity index (χ0) is 20.0. The zero-order valence-corrected chi connectivity index (χ0v) is 16.1. The Morgan fingerprint density at radius 2 is 1.38 bits per heavy atom. The molecule has 1 aliphatic rings. The molecule has 0 unspecified atom stereocenters. The lowest BCUT2D eigenvalue weighted by Gasteiger charge is -2.29. The van der Waals surface area contributed by atoms with E-state index in [1.165, 1.54) is 0 Å². The van der Waals surface area contributed by atoms with Gasteiger partial charge in [0.15, 0.2) is 0 Å². The van der Waals surface area contributed by atoms with E-state index in [-0.39, 0.29) is 17.4 Å². The Kier molecular flexibility index (Phi) is 3.93. The highest BCUT2D eigenvalue weighted by atomic mass is 32.1. The minimum atomic E-state index is -1.08. The molecule has 0 spiro atoms. The van der Waals surface area contributed by atoms with Crippen LogP contribution < -0.4 is 5.32 Å². The van der Waals surface area contributed by atoms with Gasteiger partial charge in [0.05, 0.1) is 5.69 Å². The Bertz CT molecular complexity index is 1150. The third-order valence-electron chi connectivity index (χ3n) is 5.43. The van der Waals surface area contributed by atoms with E-state index in [1.807, 2.05) is 35.7 Å². The predicted molar refractivity (Wildman–Crippen MR) is 114 cm³/mol. The van der Waals surface area contributed by atoms with E-state index in [1.54, 1.807) is 59.9 Å². The molecule has 0 saturated carbocycles. The molecule has 5 rings (SSSR count). The molecule has 4 aromatic rings. The van der Waals surface area contributed by atoms with Crippen LogP contribution in [0.15, 0.2) is 84.2 Å². The van der Waals surface area contributed by atoms with Crippen molar-refractivity contribution in [2.75, 3.05) is 5.32 Å². The maximum atomic E-state index is 13.6. The number of benzene rings is 3. The molecule has 1 aliphatic heterocycles. The van der Waals surface area contributed by atoms with Gasteiger partial charge in [0.2, 0.25) is 5.91 Å². The summed E-state index contributed by atoms with van der Waals surface area (Å²) >= 11 is 1.62. The van der Waals surface area contributed by atoms with Crippen molar-refractivity contribution in [2.45, 2.75) is 5.41 Å². The van der Waals surface area contributed by atoms with Gasteiger partial charge in [-0.05, 0) is 46.8 Å². The monoisotopic (exact) mass is 399 g/mol. The van der Waals surface area contributed by atoms with E-state index < -0.39 is 5.41 Å². The van der Waals surface area contributed by atoms with E-state index in [4.69, 9.17) is 0 Å². The van der Waals surface area contributed by atoms with Crippen LogP contribution in [0, 0.1) is 0 Å². The van der Waals surface area contributed by atoms with Gasteiger partial charge < -0.3 is 15.5 Å². The van der Waals surface area contributed by atoms with Crippen LogP contribution >= 0.6 is 11.3 Å². The van der Waals surface area contributed by atoms with Crippen LogP contribution in [0.5, 0.6) is 11.5 Å². The predicted octanol–water partition coefficient (Wildman–Crippen LogP) is 5.11. The molecule has 29 heavy (non-hydrogen) atoms. The first-order valence-corrected chi connectivity index (χ1v) is 10.1. The van der Waals surface area contributed by atoms with Gasteiger partial charge in [-0.15, -0.1) is 11.3 Å². The molecule has 0 aliphatic carbocycles. The number of carbonyl (C=O) groups is 1. The number of aromatic hydroxyl groups is 2. The number of nitrogens with one attached hydrogen (secondary N) is 1. The van der Waals surface area contributed by atoms with Crippen molar-refractivity contribution in [3.63, 3.8) is 0 Å². The van der Waals surface area contributed by atoms with Gasteiger partial charge in [0.25, 0.3) is 0 Å². The minimum absolute atomic E-state index is 0.139. The molecule has 0 radical (unpaired) electrons. The highest BCUT2D eigenvalue weighted by Crippen LogP contribution is 2.51. The van der Waals surface area contributed by atoms with Crippen LogP contribution in [0.1, 0.15) is 16.7 Å². The van der Waals surface area contributed by atoms with Gasteiger partial charge >= 0.3 is 0 Å². The quantitative estimate of drug-likeness (QED) is 0.448. The number of hydrogen-bond donors (Lipinski definition) is 3. The van der Waals surface area contributed by atoms with Gasteiger partial charge in [-0.1, -0.05) is 48.5 Å². The van der Waals surface area contributed by atoms with Gasteiger partial charge in [-0.2, -0.15) is 0 Å². The molecule has 142 valence electrons. The second-order valence-corrected chi connectivity index (χ2v) is 7.95. The Hall–Kier alpha value is -3.57. The Balaban J connectivity index is 1.83. The maximum absolute atomic E-state index is 13.6. The summed E-state index contributed by atoms with van der Waals surface area (Å²) in [5, 5.41) is 24.7. The average molecular weight is 399 g/mol. The van der Waals surface area contributed by atoms with Crippen molar-refractivity contribution < 1.29 is 15.0 Å². The first-order chi connectivity index (χ1) is 14.1. The van der Waals surface area contributed by atoms with Crippen molar-refractivity contribution in [1.29, 1.82) is 0 Å². The number of fused-ring (bicyclic) bond motifs is 1. The fourth-order valence-corrected chi connectivity index (χ4v) is 4.89. The first kappa shape index (κ1) is 17.5. The molecule has 3 aromatic carbocycles. The average Bonchev–Trinajstić information content (AvgIpc) is 3.36. The second kappa shape index (κ2) is 6.50. The summed E-state index contributed by atoms with van der Waals surface area (Å²) in [5.41, 5.74) is 3.04. The summed E-state index contributed by atoms with van der Waals surface area (Å²) < 4.78 is 0. The normalized spacial score (nSPS) is 14.4. The third-order valence-corrected chi connectivity index (χ3v) is 6.34. The lowest BCUT2D eigenvalue weighted by Crippen LogP contribution is -2.36. The van der Waals surface area contributed by atoms with Crippen molar-refractivity contribution in [3.8, 4) is 21.9 Å². The summed E-state index contributed by atoms with van der Waals surface area (Å²) in [4.78, 5) is 14.7. The summed E-state index contributed by atoms with van der Waals surface area (Å²) in [7, 11) is 0. The largest absolute Gasteiger partial charge is 0.508 e. The van der Waals surface area contributed by atoms with Crippen LogP contribution in [-0.4, -0.2) is 16.1 Å². The third kappa shape index (κ3) is 2.55. The minimum Gasteiger partial charge on any atom is -0.508 e. The highest BCUT2D eigenvalue weighted by molar-refractivity contribution is 7.13. The standard InChI is InChI=1S/C24H17NO3S/c26-17-10-6-15(7-11-17)24(16-8-12-18(27)13-9-16)20-4-1-3-19(21-5-2-14-29-21)22(20)25-23(24)28/h1-14,26-27H,(H,25,28). The number of rotatable bonds is 3. The lowest BCUT2D eigenvalue weighted by molar-refractivity contribution is -0.118. The Morgan fingerprint density at radius 1 is 0.759 bits per heavy atom. The van der Waals surface area contributed by atoms with Crippen LogP contribution in [-0.2, 0) is 10.2 Å². The van der Waals surface area contributed by atoms with Gasteiger partial charge in [0.1, 0.15) is 16.9 Å². The van der Waals surface area contributed by atoms with E-state index in [2.05, 4.69) is 5.32 Å². The van der Waals surface area contributed by atoms with Crippen LogP contribution in [0.25, 0.3) is 10.4 Å². The van der Waals surface area contributed by atoms with E-state index >= 15 is 0 Å². The molecule has 1 amide bonds. The number of para-hydroxylation sites is 1. The smallest absolute Gasteiger partial charge is 0.244 e. The summed E-state index contributed by atoms with van der Waals surface area (Å²) in [6.45, 7) is 0. The van der Waals surface area contributed by atoms with Gasteiger partial charge in [-0.25, -0.2) is 0 Å².